The highest BCUT2D eigenvalue weighted by Crippen LogP contribution is 2.36. The predicted molar refractivity (Wildman–Crippen MR) is 54.5 cm³/mol. The summed E-state index contributed by atoms with van der Waals surface area (Å²) in [5.74, 6) is 2.23. The van der Waals surface area contributed by atoms with E-state index in [1.807, 2.05) is 12.1 Å². The van der Waals surface area contributed by atoms with Crippen LogP contribution in [0.15, 0.2) is 18.2 Å². The molecule has 0 saturated heterocycles. The standard InChI is InChI=1S/C11H15NO2/c1-8(6-12)5-9-3-2-4-10-11(9)14-7-13-10/h2-4,8H,5-7,12H2,1H3. The molecule has 0 aromatic heterocycles. The van der Waals surface area contributed by atoms with E-state index in [1.165, 1.54) is 5.56 Å². The molecule has 3 nitrogen and oxygen atoms in total. The number of hydrogen-bond acceptors (Lipinski definition) is 3. The topological polar surface area (TPSA) is 44.5 Å². The van der Waals surface area contributed by atoms with Crippen molar-refractivity contribution >= 4 is 0 Å². The van der Waals surface area contributed by atoms with Crippen LogP contribution < -0.4 is 15.2 Å². The summed E-state index contributed by atoms with van der Waals surface area (Å²) < 4.78 is 10.7. The second-order valence-electron chi connectivity index (χ2n) is 3.70. The van der Waals surface area contributed by atoms with Crippen LogP contribution in [0, 0.1) is 5.92 Å². The van der Waals surface area contributed by atoms with Crippen molar-refractivity contribution in [1.82, 2.24) is 0 Å². The van der Waals surface area contributed by atoms with Crippen LogP contribution in [0.25, 0.3) is 0 Å². The molecule has 2 rings (SSSR count). The fraction of sp³-hybridized carbons (Fsp3) is 0.455. The summed E-state index contributed by atoms with van der Waals surface area (Å²) in [6, 6.07) is 5.99. The Morgan fingerprint density at radius 2 is 2.29 bits per heavy atom. The molecule has 1 aliphatic heterocycles. The molecule has 1 aromatic rings. The number of nitrogens with two attached hydrogens (primary N) is 1. The van der Waals surface area contributed by atoms with Gasteiger partial charge >= 0.3 is 0 Å². The van der Waals surface area contributed by atoms with Gasteiger partial charge in [-0.15, -0.1) is 0 Å². The van der Waals surface area contributed by atoms with Crippen LogP contribution in [-0.4, -0.2) is 13.3 Å². The van der Waals surface area contributed by atoms with Gasteiger partial charge in [-0.05, 0) is 30.5 Å². The zero-order valence-electron chi connectivity index (χ0n) is 8.32. The Hall–Kier alpha value is -1.22. The largest absolute Gasteiger partial charge is 0.454 e. The van der Waals surface area contributed by atoms with Gasteiger partial charge in [0, 0.05) is 0 Å². The Kier molecular flexibility index (Phi) is 2.59. The van der Waals surface area contributed by atoms with Crippen LogP contribution >= 0.6 is 0 Å². The lowest BCUT2D eigenvalue weighted by Crippen LogP contribution is -2.13. The van der Waals surface area contributed by atoms with Crippen molar-refractivity contribution < 1.29 is 9.47 Å². The lowest BCUT2D eigenvalue weighted by Gasteiger charge is -2.10. The molecular weight excluding hydrogens is 178 g/mol. The maximum Gasteiger partial charge on any atom is 0.231 e. The number of fused-ring (bicyclic) bond motifs is 1. The molecule has 2 N–H and O–H groups in total. The molecule has 1 atom stereocenters. The summed E-state index contributed by atoms with van der Waals surface area (Å²) in [6.07, 6.45) is 0.947. The summed E-state index contributed by atoms with van der Waals surface area (Å²) in [5.41, 5.74) is 6.79. The van der Waals surface area contributed by atoms with Crippen molar-refractivity contribution in [3.05, 3.63) is 23.8 Å². The first-order valence-corrected chi connectivity index (χ1v) is 4.89. The molecule has 76 valence electrons. The molecular formula is C11H15NO2. The molecule has 0 spiro atoms. The average molecular weight is 193 g/mol. The molecule has 0 bridgehead atoms. The molecule has 0 aliphatic carbocycles. The first-order chi connectivity index (χ1) is 6.81. The Labute approximate surface area is 83.8 Å². The molecule has 1 heterocycles. The lowest BCUT2D eigenvalue weighted by atomic mass is 10.0. The van der Waals surface area contributed by atoms with Crippen LogP contribution in [0.2, 0.25) is 0 Å². The Morgan fingerprint density at radius 3 is 3.07 bits per heavy atom. The molecule has 3 heteroatoms. The van der Waals surface area contributed by atoms with Gasteiger partial charge in [-0.25, -0.2) is 0 Å². The Morgan fingerprint density at radius 1 is 1.43 bits per heavy atom. The van der Waals surface area contributed by atoms with Gasteiger partial charge in [-0.1, -0.05) is 19.1 Å². The van der Waals surface area contributed by atoms with Gasteiger partial charge in [0.1, 0.15) is 0 Å². The third-order valence-electron chi connectivity index (χ3n) is 2.45. The van der Waals surface area contributed by atoms with Crippen molar-refractivity contribution in [2.24, 2.45) is 11.7 Å². The van der Waals surface area contributed by atoms with Crippen LogP contribution in [0.3, 0.4) is 0 Å². The minimum atomic E-state index is 0.337. The summed E-state index contributed by atoms with van der Waals surface area (Å²) >= 11 is 0. The van der Waals surface area contributed by atoms with E-state index in [-0.39, 0.29) is 0 Å². The Balaban J connectivity index is 2.22. The van der Waals surface area contributed by atoms with E-state index in [2.05, 4.69) is 13.0 Å². The number of ether oxygens (including phenoxy) is 2. The zero-order valence-corrected chi connectivity index (χ0v) is 8.32. The quantitative estimate of drug-likeness (QED) is 0.792. The second-order valence-corrected chi connectivity index (χ2v) is 3.70. The maximum absolute atomic E-state index is 5.59. The molecule has 0 radical (unpaired) electrons. The number of rotatable bonds is 3. The number of benzene rings is 1. The molecule has 0 amide bonds. The van der Waals surface area contributed by atoms with Crippen molar-refractivity contribution in [3.8, 4) is 11.5 Å². The van der Waals surface area contributed by atoms with Crippen LogP contribution in [0.5, 0.6) is 11.5 Å². The summed E-state index contributed by atoms with van der Waals surface area (Å²) in [4.78, 5) is 0. The first kappa shape index (κ1) is 9.34. The average Bonchev–Trinajstić information content (AvgIpc) is 2.66. The van der Waals surface area contributed by atoms with Crippen molar-refractivity contribution in [2.45, 2.75) is 13.3 Å². The highest BCUT2D eigenvalue weighted by Gasteiger charge is 2.17. The number of para-hydroxylation sites is 1. The smallest absolute Gasteiger partial charge is 0.231 e. The highest BCUT2D eigenvalue weighted by atomic mass is 16.7. The van der Waals surface area contributed by atoms with Crippen LogP contribution in [0.4, 0.5) is 0 Å². The van der Waals surface area contributed by atoms with E-state index in [4.69, 9.17) is 15.2 Å². The highest BCUT2D eigenvalue weighted by molar-refractivity contribution is 5.48. The fourth-order valence-electron chi connectivity index (χ4n) is 1.61. The van der Waals surface area contributed by atoms with E-state index in [0.717, 1.165) is 17.9 Å². The molecule has 1 unspecified atom stereocenters. The Bertz CT molecular complexity index is 325. The van der Waals surface area contributed by atoms with Gasteiger partial charge in [0.15, 0.2) is 11.5 Å². The third kappa shape index (κ3) is 1.68. The number of hydrogen-bond donors (Lipinski definition) is 1. The van der Waals surface area contributed by atoms with Gasteiger partial charge in [-0.3, -0.25) is 0 Å². The monoisotopic (exact) mass is 193 g/mol. The van der Waals surface area contributed by atoms with Crippen LogP contribution in [0.1, 0.15) is 12.5 Å². The molecule has 14 heavy (non-hydrogen) atoms. The van der Waals surface area contributed by atoms with Gasteiger partial charge in [-0.2, -0.15) is 0 Å². The van der Waals surface area contributed by atoms with Gasteiger partial charge in [0.25, 0.3) is 0 Å². The lowest BCUT2D eigenvalue weighted by molar-refractivity contribution is 0.173. The van der Waals surface area contributed by atoms with Crippen molar-refractivity contribution in [2.75, 3.05) is 13.3 Å². The zero-order chi connectivity index (χ0) is 9.97. The minimum Gasteiger partial charge on any atom is -0.454 e. The third-order valence-corrected chi connectivity index (χ3v) is 2.45. The van der Waals surface area contributed by atoms with Crippen molar-refractivity contribution in [1.29, 1.82) is 0 Å². The molecule has 1 aliphatic rings. The van der Waals surface area contributed by atoms with Gasteiger partial charge < -0.3 is 15.2 Å². The van der Waals surface area contributed by atoms with Gasteiger partial charge in [0.2, 0.25) is 6.79 Å². The SMILES string of the molecule is CC(CN)Cc1cccc2c1OCO2. The van der Waals surface area contributed by atoms with E-state index in [0.29, 0.717) is 19.3 Å². The van der Waals surface area contributed by atoms with Crippen molar-refractivity contribution in [3.63, 3.8) is 0 Å². The summed E-state index contributed by atoms with van der Waals surface area (Å²) in [5, 5.41) is 0. The van der Waals surface area contributed by atoms with E-state index in [9.17, 15) is 0 Å². The molecule has 0 fully saturated rings. The van der Waals surface area contributed by atoms with E-state index < -0.39 is 0 Å². The molecule has 1 aromatic carbocycles. The molecule has 0 saturated carbocycles. The van der Waals surface area contributed by atoms with E-state index >= 15 is 0 Å². The first-order valence-electron chi connectivity index (χ1n) is 4.89. The summed E-state index contributed by atoms with van der Waals surface area (Å²) in [6.45, 7) is 3.17. The normalized spacial score (nSPS) is 15.6. The second kappa shape index (κ2) is 3.88. The van der Waals surface area contributed by atoms with E-state index in [1.54, 1.807) is 0 Å². The summed E-state index contributed by atoms with van der Waals surface area (Å²) in [7, 11) is 0. The van der Waals surface area contributed by atoms with Gasteiger partial charge in [0.05, 0.1) is 0 Å². The minimum absolute atomic E-state index is 0.337. The maximum atomic E-state index is 5.59. The fourth-order valence-corrected chi connectivity index (χ4v) is 1.61. The predicted octanol–water partition coefficient (Wildman–Crippen LogP) is 1.55. The van der Waals surface area contributed by atoms with Crippen LogP contribution in [-0.2, 0) is 6.42 Å².